The Bertz CT molecular complexity index is 785. The number of nitrogens with zero attached hydrogens (tertiary/aromatic N) is 4. The topological polar surface area (TPSA) is 64.2 Å². The van der Waals surface area contributed by atoms with Gasteiger partial charge in [-0.15, -0.1) is 0 Å². The van der Waals surface area contributed by atoms with Crippen LogP contribution in [0.1, 0.15) is 16.2 Å². The van der Waals surface area contributed by atoms with Gasteiger partial charge in [-0.2, -0.15) is 5.10 Å². The van der Waals surface area contributed by atoms with Gasteiger partial charge >= 0.3 is 0 Å². The predicted molar refractivity (Wildman–Crippen MR) is 71.0 cm³/mol. The van der Waals surface area contributed by atoms with Gasteiger partial charge in [-0.25, -0.2) is 14.1 Å². The third-order valence-electron chi connectivity index (χ3n) is 3.05. The van der Waals surface area contributed by atoms with E-state index in [0.29, 0.717) is 5.65 Å². The molecule has 7 heteroatoms. The fourth-order valence-electron chi connectivity index (χ4n) is 1.98. The van der Waals surface area contributed by atoms with Gasteiger partial charge in [-0.1, -0.05) is 6.07 Å². The number of imidazole rings is 1. The zero-order valence-electron chi connectivity index (χ0n) is 11.0. The molecule has 0 bridgehead atoms. The summed E-state index contributed by atoms with van der Waals surface area (Å²) in [5, 5.41) is 6.19. The lowest BCUT2D eigenvalue weighted by atomic mass is 10.4. The standard InChI is InChI=1S/C13H12FN5O/c1-8-4-3-5-11-16-10(7-19(8)11)13(20)17-12-9(14)6-15-18(12)2/h3-7H,1-2H3,(H,17,20). The van der Waals surface area contributed by atoms with Gasteiger partial charge in [0.25, 0.3) is 5.91 Å². The molecular formula is C13H12FN5O. The summed E-state index contributed by atoms with van der Waals surface area (Å²) in [6.45, 7) is 1.91. The molecule has 1 N–H and O–H groups in total. The minimum absolute atomic E-state index is 0.0174. The molecule has 3 rings (SSSR count). The number of hydrogen-bond donors (Lipinski definition) is 1. The lowest BCUT2D eigenvalue weighted by molar-refractivity contribution is 0.102. The average Bonchev–Trinajstić information content (AvgIpc) is 2.98. The summed E-state index contributed by atoms with van der Waals surface area (Å²) < 4.78 is 16.5. The first kappa shape index (κ1) is 12.3. The van der Waals surface area contributed by atoms with Crippen molar-refractivity contribution in [1.29, 1.82) is 0 Å². The third kappa shape index (κ3) is 1.93. The van der Waals surface area contributed by atoms with Gasteiger partial charge in [-0.05, 0) is 19.1 Å². The molecule has 0 saturated heterocycles. The minimum atomic E-state index is -0.583. The highest BCUT2D eigenvalue weighted by Gasteiger charge is 2.16. The van der Waals surface area contributed by atoms with Crippen molar-refractivity contribution in [3.63, 3.8) is 0 Å². The molecule has 0 radical (unpaired) electrons. The SMILES string of the molecule is Cc1cccc2nc(C(=O)Nc3c(F)cnn3C)cn12. The molecule has 0 spiro atoms. The van der Waals surface area contributed by atoms with E-state index in [2.05, 4.69) is 15.4 Å². The normalized spacial score (nSPS) is 10.9. The van der Waals surface area contributed by atoms with Crippen molar-refractivity contribution in [2.45, 2.75) is 6.92 Å². The van der Waals surface area contributed by atoms with Gasteiger partial charge in [0.15, 0.2) is 11.6 Å². The van der Waals surface area contributed by atoms with E-state index in [4.69, 9.17) is 0 Å². The van der Waals surface area contributed by atoms with E-state index in [9.17, 15) is 9.18 Å². The lowest BCUT2D eigenvalue weighted by Crippen LogP contribution is -2.15. The maximum Gasteiger partial charge on any atom is 0.277 e. The molecular weight excluding hydrogens is 261 g/mol. The van der Waals surface area contributed by atoms with Crippen molar-refractivity contribution in [1.82, 2.24) is 19.2 Å². The molecule has 20 heavy (non-hydrogen) atoms. The first-order chi connectivity index (χ1) is 9.56. The molecule has 0 aliphatic rings. The Kier molecular flexibility index (Phi) is 2.74. The maximum absolute atomic E-state index is 13.4. The van der Waals surface area contributed by atoms with Gasteiger partial charge in [-0.3, -0.25) is 4.79 Å². The van der Waals surface area contributed by atoms with Gasteiger partial charge in [0.05, 0.1) is 6.20 Å². The van der Waals surface area contributed by atoms with Crippen LogP contribution in [0.4, 0.5) is 10.2 Å². The van der Waals surface area contributed by atoms with Crippen LogP contribution in [-0.4, -0.2) is 25.1 Å². The van der Waals surface area contributed by atoms with Crippen LogP contribution < -0.4 is 5.32 Å². The van der Waals surface area contributed by atoms with E-state index in [1.165, 1.54) is 4.68 Å². The highest BCUT2D eigenvalue weighted by atomic mass is 19.1. The summed E-state index contributed by atoms with van der Waals surface area (Å²) >= 11 is 0. The van der Waals surface area contributed by atoms with Crippen LogP contribution in [0.25, 0.3) is 5.65 Å². The molecule has 0 aliphatic carbocycles. The van der Waals surface area contributed by atoms with Crippen molar-refractivity contribution >= 4 is 17.4 Å². The summed E-state index contributed by atoms with van der Waals surface area (Å²) in [7, 11) is 1.55. The monoisotopic (exact) mass is 273 g/mol. The minimum Gasteiger partial charge on any atom is -0.304 e. The summed E-state index contributed by atoms with van der Waals surface area (Å²) in [5.41, 5.74) is 1.85. The Balaban J connectivity index is 1.95. The number of aromatic nitrogens is 4. The number of nitrogens with one attached hydrogen (secondary N) is 1. The Labute approximate surface area is 113 Å². The number of aryl methyl sites for hydroxylation is 2. The van der Waals surface area contributed by atoms with Crippen LogP contribution in [0, 0.1) is 12.7 Å². The average molecular weight is 273 g/mol. The fraction of sp³-hybridized carbons (Fsp3) is 0.154. The maximum atomic E-state index is 13.4. The largest absolute Gasteiger partial charge is 0.304 e. The van der Waals surface area contributed by atoms with Crippen molar-refractivity contribution in [3.05, 3.63) is 47.8 Å². The quantitative estimate of drug-likeness (QED) is 0.774. The molecule has 0 aromatic carbocycles. The molecule has 3 aromatic rings. The van der Waals surface area contributed by atoms with Crippen LogP contribution in [0.2, 0.25) is 0 Å². The fourth-order valence-corrected chi connectivity index (χ4v) is 1.98. The molecule has 3 heterocycles. The summed E-state index contributed by atoms with van der Waals surface area (Å²) in [6, 6.07) is 5.58. The number of rotatable bonds is 2. The van der Waals surface area contributed by atoms with Gasteiger partial charge in [0.1, 0.15) is 11.3 Å². The molecule has 1 amide bonds. The summed E-state index contributed by atoms with van der Waals surface area (Å²) in [4.78, 5) is 16.3. The number of fused-ring (bicyclic) bond motifs is 1. The lowest BCUT2D eigenvalue weighted by Gasteiger charge is -2.02. The molecule has 3 aromatic heterocycles. The second-order valence-electron chi connectivity index (χ2n) is 4.44. The van der Waals surface area contributed by atoms with Crippen molar-refractivity contribution in [3.8, 4) is 0 Å². The van der Waals surface area contributed by atoms with E-state index in [0.717, 1.165) is 11.9 Å². The molecule has 0 atom stereocenters. The van der Waals surface area contributed by atoms with Crippen LogP contribution in [0.15, 0.2) is 30.6 Å². The van der Waals surface area contributed by atoms with Gasteiger partial charge in [0, 0.05) is 18.9 Å². The van der Waals surface area contributed by atoms with Crippen molar-refractivity contribution in [2.75, 3.05) is 5.32 Å². The second-order valence-corrected chi connectivity index (χ2v) is 4.44. The van der Waals surface area contributed by atoms with Gasteiger partial charge in [0.2, 0.25) is 0 Å². The van der Waals surface area contributed by atoms with Crippen LogP contribution in [0.3, 0.4) is 0 Å². The molecule has 102 valence electrons. The molecule has 6 nitrogen and oxygen atoms in total. The number of carbonyl (C=O) groups is 1. The van der Waals surface area contributed by atoms with Crippen molar-refractivity contribution < 1.29 is 9.18 Å². The number of hydrogen-bond acceptors (Lipinski definition) is 3. The number of anilines is 1. The molecule has 0 saturated carbocycles. The highest BCUT2D eigenvalue weighted by Crippen LogP contribution is 2.14. The Morgan fingerprint density at radius 3 is 2.85 bits per heavy atom. The highest BCUT2D eigenvalue weighted by molar-refractivity contribution is 6.02. The van der Waals surface area contributed by atoms with Crippen LogP contribution in [0.5, 0.6) is 0 Å². The van der Waals surface area contributed by atoms with Crippen LogP contribution >= 0.6 is 0 Å². The Hall–Kier alpha value is -2.70. The zero-order valence-corrected chi connectivity index (χ0v) is 11.0. The smallest absolute Gasteiger partial charge is 0.277 e. The van der Waals surface area contributed by atoms with E-state index >= 15 is 0 Å². The molecule has 0 fully saturated rings. The third-order valence-corrected chi connectivity index (χ3v) is 3.05. The van der Waals surface area contributed by atoms with Gasteiger partial charge < -0.3 is 9.72 Å². The molecule has 0 aliphatic heterocycles. The predicted octanol–water partition coefficient (Wildman–Crippen LogP) is 1.77. The van der Waals surface area contributed by atoms with Crippen LogP contribution in [-0.2, 0) is 7.05 Å². The Morgan fingerprint density at radius 2 is 2.20 bits per heavy atom. The summed E-state index contributed by atoms with van der Waals surface area (Å²) in [6.07, 6.45) is 2.66. The first-order valence-electron chi connectivity index (χ1n) is 6.00. The second kappa shape index (κ2) is 4.44. The number of amides is 1. The number of halogens is 1. The number of carbonyl (C=O) groups excluding carboxylic acids is 1. The summed E-state index contributed by atoms with van der Waals surface area (Å²) in [5.74, 6) is -1.04. The molecule has 0 unspecified atom stereocenters. The first-order valence-corrected chi connectivity index (χ1v) is 6.00. The van der Waals surface area contributed by atoms with E-state index in [1.807, 2.05) is 19.1 Å². The van der Waals surface area contributed by atoms with E-state index < -0.39 is 11.7 Å². The number of pyridine rings is 1. The van der Waals surface area contributed by atoms with Crippen molar-refractivity contribution in [2.24, 2.45) is 7.05 Å². The van der Waals surface area contributed by atoms with E-state index in [-0.39, 0.29) is 11.5 Å². The Morgan fingerprint density at radius 1 is 1.40 bits per heavy atom. The van der Waals surface area contributed by atoms with E-state index in [1.54, 1.807) is 23.7 Å². The zero-order chi connectivity index (χ0) is 14.3.